The van der Waals surface area contributed by atoms with Gasteiger partial charge in [-0.1, -0.05) is 31.2 Å². The molecule has 7 heteroatoms. The topological polar surface area (TPSA) is 86.7 Å². The van der Waals surface area contributed by atoms with Crippen LogP contribution in [0.3, 0.4) is 0 Å². The molecule has 186 valence electrons. The minimum Gasteiger partial charge on any atom is -0.465 e. The second-order valence-electron chi connectivity index (χ2n) is 11.6. The zero-order chi connectivity index (χ0) is 24.5. The summed E-state index contributed by atoms with van der Waals surface area (Å²) in [5.41, 5.74) is 0.350. The first-order valence-electron chi connectivity index (χ1n) is 12.9. The molecule has 8 atom stereocenters. The molecule has 0 aromatic carbocycles. The molecule has 0 aromatic rings. The van der Waals surface area contributed by atoms with Crippen molar-refractivity contribution in [2.45, 2.75) is 89.9 Å². The fraction of sp³-hybridized carbons (Fsp3) is 0.778. The Hall–Kier alpha value is -1.63. The van der Waals surface area contributed by atoms with E-state index in [1.807, 2.05) is 6.08 Å². The number of hydrogen-bond donors (Lipinski definition) is 0. The van der Waals surface area contributed by atoms with Crippen LogP contribution in [0.1, 0.15) is 79.1 Å². The van der Waals surface area contributed by atoms with E-state index in [1.54, 1.807) is 13.8 Å². The third-order valence-corrected chi connectivity index (χ3v) is 11.4. The lowest BCUT2D eigenvalue weighted by Crippen LogP contribution is -2.57. The van der Waals surface area contributed by atoms with Gasteiger partial charge in [-0.15, -0.1) is 0 Å². The minimum atomic E-state index is -0.835. The molecule has 6 nitrogen and oxygen atoms in total. The highest BCUT2D eigenvalue weighted by atomic mass is 32.2. The van der Waals surface area contributed by atoms with Crippen molar-refractivity contribution in [3.63, 3.8) is 0 Å². The monoisotopic (exact) mass is 488 g/mol. The van der Waals surface area contributed by atoms with Gasteiger partial charge in [-0.2, -0.15) is 0 Å². The molecule has 4 fully saturated rings. The number of ketones is 1. The maximum Gasteiger partial charge on any atom is 0.321 e. The number of carbonyl (C=O) groups excluding carboxylic acids is 4. The second-order valence-corrected chi connectivity index (χ2v) is 13.0. The van der Waals surface area contributed by atoms with Crippen LogP contribution in [0.2, 0.25) is 0 Å². The van der Waals surface area contributed by atoms with Crippen LogP contribution in [0.4, 0.5) is 0 Å². The van der Waals surface area contributed by atoms with Crippen LogP contribution in [0, 0.1) is 34.5 Å². The van der Waals surface area contributed by atoms with Crippen molar-refractivity contribution in [3.05, 3.63) is 11.6 Å². The predicted octanol–water partition coefficient (Wildman–Crippen LogP) is 4.64. The Kier molecular flexibility index (Phi) is 5.81. The maximum absolute atomic E-state index is 12.8. The van der Waals surface area contributed by atoms with Crippen molar-refractivity contribution in [1.29, 1.82) is 0 Å². The van der Waals surface area contributed by atoms with Gasteiger partial charge in [-0.25, -0.2) is 0 Å². The first-order chi connectivity index (χ1) is 16.0. The Labute approximate surface area is 206 Å². The lowest BCUT2D eigenvalue weighted by molar-refractivity contribution is -0.169. The highest BCUT2D eigenvalue weighted by molar-refractivity contribution is 8.14. The summed E-state index contributed by atoms with van der Waals surface area (Å²) < 4.78 is 11.3. The smallest absolute Gasteiger partial charge is 0.321 e. The third kappa shape index (κ3) is 3.35. The normalized spacial score (nSPS) is 45.2. The van der Waals surface area contributed by atoms with Crippen LogP contribution in [-0.4, -0.2) is 40.3 Å². The number of fused-ring (bicyclic) bond motifs is 6. The van der Waals surface area contributed by atoms with E-state index >= 15 is 0 Å². The van der Waals surface area contributed by atoms with E-state index < -0.39 is 23.5 Å². The molecular weight excluding hydrogens is 452 g/mol. The van der Waals surface area contributed by atoms with Crippen molar-refractivity contribution < 1.29 is 28.7 Å². The maximum atomic E-state index is 12.8. The van der Waals surface area contributed by atoms with E-state index in [1.165, 1.54) is 17.3 Å². The van der Waals surface area contributed by atoms with Crippen molar-refractivity contribution >= 4 is 34.6 Å². The molecular formula is C27H36O6S. The summed E-state index contributed by atoms with van der Waals surface area (Å²) in [5, 5.41) is 0.246. The van der Waals surface area contributed by atoms with Crippen LogP contribution >= 0.6 is 11.8 Å². The molecule has 0 N–H and O–H groups in total. The van der Waals surface area contributed by atoms with Gasteiger partial charge in [0.2, 0.25) is 0 Å². The zero-order valence-electron chi connectivity index (χ0n) is 20.7. The third-order valence-electron chi connectivity index (χ3n) is 10.3. The molecule has 0 radical (unpaired) electrons. The van der Waals surface area contributed by atoms with E-state index in [0.29, 0.717) is 30.6 Å². The van der Waals surface area contributed by atoms with Gasteiger partial charge in [0.15, 0.2) is 16.8 Å². The number of allylic oxidation sites excluding steroid dienone is 1. The molecule has 5 rings (SSSR count). The zero-order valence-corrected chi connectivity index (χ0v) is 21.5. The number of rotatable bonds is 3. The molecule has 5 aliphatic rings. The fourth-order valence-corrected chi connectivity index (χ4v) is 9.80. The molecule has 0 aromatic heterocycles. The van der Waals surface area contributed by atoms with E-state index in [4.69, 9.17) is 9.47 Å². The molecule has 0 bridgehead atoms. The number of hydrogen-bond acceptors (Lipinski definition) is 7. The Morgan fingerprint density at radius 3 is 2.59 bits per heavy atom. The van der Waals surface area contributed by atoms with Crippen LogP contribution in [-0.2, 0) is 28.7 Å². The molecule has 4 aliphatic carbocycles. The van der Waals surface area contributed by atoms with Gasteiger partial charge in [-0.3, -0.25) is 19.2 Å². The summed E-state index contributed by atoms with van der Waals surface area (Å²) in [4.78, 5) is 49.9. The fourth-order valence-electron chi connectivity index (χ4n) is 8.57. The molecule has 1 unspecified atom stereocenters. The number of carbonyl (C=O) groups is 4. The van der Waals surface area contributed by atoms with Crippen molar-refractivity contribution in [2.24, 2.45) is 34.5 Å². The molecule has 1 heterocycles. The summed E-state index contributed by atoms with van der Waals surface area (Å²) in [6.45, 7) is 8.22. The van der Waals surface area contributed by atoms with Gasteiger partial charge in [-0.05, 0) is 74.7 Å². The first kappa shape index (κ1) is 24.1. The molecule has 0 amide bonds. The highest BCUT2D eigenvalue weighted by Crippen LogP contribution is 2.71. The molecule has 1 saturated heterocycles. The van der Waals surface area contributed by atoms with Crippen LogP contribution in [0.15, 0.2) is 11.6 Å². The largest absolute Gasteiger partial charge is 0.465 e. The van der Waals surface area contributed by atoms with E-state index in [-0.39, 0.29) is 33.6 Å². The Morgan fingerprint density at radius 2 is 1.88 bits per heavy atom. The molecule has 1 spiro atoms. The summed E-state index contributed by atoms with van der Waals surface area (Å²) in [7, 11) is 0. The van der Waals surface area contributed by atoms with Gasteiger partial charge in [0.25, 0.3) is 0 Å². The lowest BCUT2D eigenvalue weighted by Gasteiger charge is -2.61. The van der Waals surface area contributed by atoms with Gasteiger partial charge >= 0.3 is 11.9 Å². The Balaban J connectivity index is 1.50. The first-order valence-corrected chi connectivity index (χ1v) is 13.7. The van der Waals surface area contributed by atoms with Crippen molar-refractivity contribution in [2.75, 3.05) is 6.61 Å². The standard InChI is InChI=1S/C27H36O6S/c1-5-32-23(30)18-14-27(33-24(18)31)11-8-20-22-19(7-10-26(20,27)4)25(3)9-6-17(29)12-16(25)13-21(22)34-15(2)28/h12,18-22H,5-11,13-14H2,1-4H3/t18?,19-,20-,21+,22+,25-,26-,27-/m0/s1. The van der Waals surface area contributed by atoms with E-state index in [9.17, 15) is 19.2 Å². The summed E-state index contributed by atoms with van der Waals surface area (Å²) in [5.74, 6) is -0.496. The van der Waals surface area contributed by atoms with Crippen molar-refractivity contribution in [1.82, 2.24) is 0 Å². The van der Waals surface area contributed by atoms with Gasteiger partial charge in [0.05, 0.1) is 6.61 Å². The predicted molar refractivity (Wildman–Crippen MR) is 128 cm³/mol. The van der Waals surface area contributed by atoms with Crippen LogP contribution < -0.4 is 0 Å². The highest BCUT2D eigenvalue weighted by Gasteiger charge is 2.70. The molecule has 3 saturated carbocycles. The average Bonchev–Trinajstić information content (AvgIpc) is 3.26. The van der Waals surface area contributed by atoms with Crippen LogP contribution in [0.25, 0.3) is 0 Å². The Bertz CT molecular complexity index is 972. The summed E-state index contributed by atoms with van der Waals surface area (Å²) in [6, 6.07) is 0. The molecule has 34 heavy (non-hydrogen) atoms. The number of thioether (sulfide) groups is 1. The van der Waals surface area contributed by atoms with Gasteiger partial charge in [0, 0.05) is 30.4 Å². The van der Waals surface area contributed by atoms with E-state index in [0.717, 1.165) is 38.5 Å². The minimum absolute atomic E-state index is 0.0106. The summed E-state index contributed by atoms with van der Waals surface area (Å²) in [6.07, 6.45) is 8.13. The number of ether oxygens (including phenoxy) is 2. The van der Waals surface area contributed by atoms with Crippen LogP contribution in [0.5, 0.6) is 0 Å². The Morgan fingerprint density at radius 1 is 1.15 bits per heavy atom. The van der Waals surface area contributed by atoms with Gasteiger partial charge in [0.1, 0.15) is 5.60 Å². The van der Waals surface area contributed by atoms with E-state index in [2.05, 4.69) is 13.8 Å². The number of esters is 2. The molecule has 1 aliphatic heterocycles. The van der Waals surface area contributed by atoms with Gasteiger partial charge < -0.3 is 9.47 Å². The summed E-state index contributed by atoms with van der Waals surface area (Å²) >= 11 is 1.44. The second kappa shape index (κ2) is 8.21. The lowest BCUT2D eigenvalue weighted by atomic mass is 9.46. The van der Waals surface area contributed by atoms with Crippen molar-refractivity contribution in [3.8, 4) is 0 Å². The SMILES string of the molecule is CCOC(=O)C1C[C@]2(CC[C@H]3[C@@H]4[C@H](SC(C)=O)CC5=CC(=O)CC[C@]5(C)[C@H]4CC[C@@]32C)OC1=O. The average molecular weight is 489 g/mol. The quantitative estimate of drug-likeness (QED) is 0.422.